The van der Waals surface area contributed by atoms with Crippen molar-refractivity contribution in [3.8, 4) is 0 Å². The Morgan fingerprint density at radius 1 is 0.568 bits per heavy atom. The van der Waals surface area contributed by atoms with E-state index in [0.717, 1.165) is 23.1 Å². The molecule has 37 heavy (non-hydrogen) atoms. The summed E-state index contributed by atoms with van der Waals surface area (Å²) in [6.07, 6.45) is 2.14. The molecule has 0 atom stereocenters. The quantitative estimate of drug-likeness (QED) is 0.293. The lowest BCUT2D eigenvalue weighted by atomic mass is 9.83. The molecule has 0 radical (unpaired) electrons. The van der Waals surface area contributed by atoms with Gasteiger partial charge in [0.05, 0.1) is 0 Å². The fourth-order valence-electron chi connectivity index (χ4n) is 5.47. The van der Waals surface area contributed by atoms with E-state index in [0.29, 0.717) is 28.8 Å². The topological polar surface area (TPSA) is 43.0 Å². The summed E-state index contributed by atoms with van der Waals surface area (Å²) in [5.74, 6) is -0.174. The average molecular weight is 480 g/mol. The number of carbonyl (C=O) groups is 2. The monoisotopic (exact) mass is 479 g/mol. The van der Waals surface area contributed by atoms with Gasteiger partial charge in [-0.3, -0.25) is 9.59 Å². The van der Waals surface area contributed by atoms with Gasteiger partial charge in [-0.2, -0.15) is 0 Å². The first-order valence-electron chi connectivity index (χ1n) is 12.4. The molecule has 0 aliphatic heterocycles. The normalized spacial score (nSPS) is 12.6. The van der Waals surface area contributed by atoms with Gasteiger partial charge in [0, 0.05) is 22.3 Å². The standard InChI is InChI=1S/C33H23N2O2/c36-32-26-9-3-4-10-27(26)33(37)29-18-23(14-16-28(29)32)20-35-21-34(30-11-5-6-12-31(30)35)19-22-13-15-24-7-1-2-8-25(24)17-22/h1-18,21H,19-20H2/q+1. The number of imidazole rings is 1. The Morgan fingerprint density at radius 3 is 2.05 bits per heavy atom. The molecule has 0 bridgehead atoms. The second-order valence-corrected chi connectivity index (χ2v) is 9.63. The van der Waals surface area contributed by atoms with E-state index in [-0.39, 0.29) is 11.6 Å². The average Bonchev–Trinajstić information content (AvgIpc) is 3.28. The number of para-hydroxylation sites is 2. The summed E-state index contributed by atoms with van der Waals surface area (Å²) in [4.78, 5) is 26.2. The van der Waals surface area contributed by atoms with E-state index >= 15 is 0 Å². The van der Waals surface area contributed by atoms with E-state index < -0.39 is 0 Å². The molecule has 7 rings (SSSR count). The zero-order valence-electron chi connectivity index (χ0n) is 20.1. The SMILES string of the molecule is O=C1c2ccccc2C(=O)c2cc(Cn3c[n+](Cc4ccc5ccccc5c4)c4ccccc43)ccc21. The van der Waals surface area contributed by atoms with E-state index in [1.54, 1.807) is 30.3 Å². The number of benzene rings is 5. The Morgan fingerprint density at radius 2 is 1.22 bits per heavy atom. The molecular weight excluding hydrogens is 456 g/mol. The minimum atomic E-state index is -0.0872. The van der Waals surface area contributed by atoms with Crippen LogP contribution in [0.2, 0.25) is 0 Å². The number of fused-ring (bicyclic) bond motifs is 4. The van der Waals surface area contributed by atoms with Crippen molar-refractivity contribution in [1.82, 2.24) is 4.57 Å². The molecule has 0 saturated heterocycles. The highest BCUT2D eigenvalue weighted by Gasteiger charge is 2.29. The lowest BCUT2D eigenvalue weighted by Gasteiger charge is -2.17. The molecule has 6 aromatic rings. The number of rotatable bonds is 4. The Labute approximate surface area is 214 Å². The van der Waals surface area contributed by atoms with Gasteiger partial charge in [-0.15, -0.1) is 0 Å². The molecule has 0 fully saturated rings. The third kappa shape index (κ3) is 3.57. The summed E-state index contributed by atoms with van der Waals surface area (Å²) in [6, 6.07) is 36.1. The van der Waals surface area contributed by atoms with Gasteiger partial charge in [0.25, 0.3) is 0 Å². The van der Waals surface area contributed by atoms with Crippen molar-refractivity contribution in [2.75, 3.05) is 0 Å². The van der Waals surface area contributed by atoms with Crippen LogP contribution in [0.25, 0.3) is 21.8 Å². The number of hydrogen-bond acceptors (Lipinski definition) is 2. The van der Waals surface area contributed by atoms with Crippen LogP contribution in [-0.4, -0.2) is 16.1 Å². The predicted molar refractivity (Wildman–Crippen MR) is 144 cm³/mol. The summed E-state index contributed by atoms with van der Waals surface area (Å²) >= 11 is 0. The first kappa shape index (κ1) is 21.5. The highest BCUT2D eigenvalue weighted by Crippen LogP contribution is 2.28. The fraction of sp³-hybridized carbons (Fsp3) is 0.0606. The maximum Gasteiger partial charge on any atom is 0.245 e. The van der Waals surface area contributed by atoms with Crippen LogP contribution in [0.15, 0.2) is 116 Å². The molecule has 1 heterocycles. The summed E-state index contributed by atoms with van der Waals surface area (Å²) in [5.41, 5.74) is 6.43. The molecule has 4 nitrogen and oxygen atoms in total. The van der Waals surface area contributed by atoms with Gasteiger partial charge in [-0.05, 0) is 52.2 Å². The largest absolute Gasteiger partial charge is 0.289 e. The number of nitrogens with zero attached hydrogens (tertiary/aromatic N) is 2. The predicted octanol–water partition coefficient (Wildman–Crippen LogP) is 5.95. The van der Waals surface area contributed by atoms with E-state index in [2.05, 4.69) is 76.1 Å². The van der Waals surface area contributed by atoms with Crippen molar-refractivity contribution in [3.05, 3.63) is 149 Å². The van der Waals surface area contributed by atoms with Crippen molar-refractivity contribution >= 4 is 33.4 Å². The lowest BCUT2D eigenvalue weighted by Crippen LogP contribution is -2.32. The first-order valence-corrected chi connectivity index (χ1v) is 12.4. The van der Waals surface area contributed by atoms with Crippen LogP contribution in [0.3, 0.4) is 0 Å². The van der Waals surface area contributed by atoms with Crippen LogP contribution in [0.5, 0.6) is 0 Å². The Bertz CT molecular complexity index is 1880. The smallest absolute Gasteiger partial charge is 0.245 e. The maximum atomic E-state index is 13.2. The Balaban J connectivity index is 1.25. The maximum absolute atomic E-state index is 13.2. The molecule has 5 aromatic carbocycles. The second-order valence-electron chi connectivity index (χ2n) is 9.63. The molecule has 4 heteroatoms. The minimum absolute atomic E-state index is 0.0867. The van der Waals surface area contributed by atoms with Crippen molar-refractivity contribution in [2.24, 2.45) is 0 Å². The fourth-order valence-corrected chi connectivity index (χ4v) is 5.47. The highest BCUT2D eigenvalue weighted by atomic mass is 16.1. The van der Waals surface area contributed by atoms with Crippen molar-refractivity contribution < 1.29 is 14.2 Å². The number of aromatic nitrogens is 2. The molecule has 176 valence electrons. The van der Waals surface area contributed by atoms with Crippen LogP contribution >= 0.6 is 0 Å². The summed E-state index contributed by atoms with van der Waals surface area (Å²) in [6.45, 7) is 1.36. The molecule has 1 aliphatic rings. The minimum Gasteiger partial charge on any atom is -0.289 e. The van der Waals surface area contributed by atoms with Gasteiger partial charge >= 0.3 is 0 Å². The first-order chi connectivity index (χ1) is 18.2. The van der Waals surface area contributed by atoms with Gasteiger partial charge in [0.1, 0.15) is 13.1 Å². The summed E-state index contributed by atoms with van der Waals surface area (Å²) in [5, 5.41) is 2.47. The van der Waals surface area contributed by atoms with Gasteiger partial charge < -0.3 is 0 Å². The van der Waals surface area contributed by atoms with Crippen LogP contribution < -0.4 is 4.57 Å². The van der Waals surface area contributed by atoms with Gasteiger partial charge in [0.2, 0.25) is 6.33 Å². The van der Waals surface area contributed by atoms with E-state index in [1.165, 1.54) is 16.3 Å². The van der Waals surface area contributed by atoms with Gasteiger partial charge in [0.15, 0.2) is 22.6 Å². The van der Waals surface area contributed by atoms with E-state index in [1.807, 2.05) is 18.2 Å². The number of ketones is 2. The van der Waals surface area contributed by atoms with Crippen LogP contribution in [0.4, 0.5) is 0 Å². The zero-order chi connectivity index (χ0) is 24.9. The Kier molecular flexibility index (Phi) is 4.86. The van der Waals surface area contributed by atoms with Gasteiger partial charge in [-0.1, -0.05) is 78.9 Å². The van der Waals surface area contributed by atoms with Crippen molar-refractivity contribution in [2.45, 2.75) is 13.1 Å². The lowest BCUT2D eigenvalue weighted by molar-refractivity contribution is -0.663. The molecule has 0 amide bonds. The van der Waals surface area contributed by atoms with Crippen molar-refractivity contribution in [3.63, 3.8) is 0 Å². The summed E-state index contributed by atoms with van der Waals surface area (Å²) in [7, 11) is 0. The van der Waals surface area contributed by atoms with Crippen LogP contribution in [0.1, 0.15) is 43.0 Å². The second kappa shape index (κ2) is 8.38. The molecule has 0 N–H and O–H groups in total. The molecule has 0 spiro atoms. The van der Waals surface area contributed by atoms with Gasteiger partial charge in [-0.25, -0.2) is 9.13 Å². The molecular formula is C33H23N2O2+. The van der Waals surface area contributed by atoms with Crippen LogP contribution in [0, 0.1) is 0 Å². The third-order valence-electron chi connectivity index (χ3n) is 7.29. The van der Waals surface area contributed by atoms with Crippen LogP contribution in [-0.2, 0) is 13.1 Å². The molecule has 0 saturated carbocycles. The highest BCUT2D eigenvalue weighted by molar-refractivity contribution is 6.28. The van der Waals surface area contributed by atoms with E-state index in [4.69, 9.17) is 0 Å². The number of carbonyl (C=O) groups excluding carboxylic acids is 2. The molecule has 1 aliphatic carbocycles. The third-order valence-corrected chi connectivity index (χ3v) is 7.29. The Hall–Kier alpha value is -4.83. The molecule has 0 unspecified atom stereocenters. The summed E-state index contributed by atoms with van der Waals surface area (Å²) < 4.78 is 4.48. The zero-order valence-corrected chi connectivity index (χ0v) is 20.1. The van der Waals surface area contributed by atoms with Crippen molar-refractivity contribution in [1.29, 1.82) is 0 Å². The van der Waals surface area contributed by atoms with E-state index in [9.17, 15) is 9.59 Å². The number of hydrogen-bond donors (Lipinski definition) is 0. The molecule has 1 aromatic heterocycles.